The van der Waals surface area contributed by atoms with Crippen molar-refractivity contribution < 1.29 is 9.21 Å². The van der Waals surface area contributed by atoms with Crippen LogP contribution in [0.2, 0.25) is 5.02 Å². The molecule has 0 unspecified atom stereocenters. The number of amides is 1. The summed E-state index contributed by atoms with van der Waals surface area (Å²) in [6.07, 6.45) is 3.03. The van der Waals surface area contributed by atoms with E-state index in [2.05, 4.69) is 25.5 Å². The maximum absolute atomic E-state index is 13.0. The molecular weight excluding hydrogens is 482 g/mol. The van der Waals surface area contributed by atoms with Crippen LogP contribution < -0.4 is 10.7 Å². The average molecular weight is 498 g/mol. The van der Waals surface area contributed by atoms with Crippen molar-refractivity contribution in [3.63, 3.8) is 0 Å². The van der Waals surface area contributed by atoms with Gasteiger partial charge < -0.3 is 9.73 Å². The Kier molecular flexibility index (Phi) is 5.08. The first kappa shape index (κ1) is 21.7. The Hall–Kier alpha value is -4.83. The summed E-state index contributed by atoms with van der Waals surface area (Å²) < 4.78 is 8.82. The summed E-state index contributed by atoms with van der Waals surface area (Å²) in [4.78, 5) is 34.3. The fourth-order valence-electron chi connectivity index (χ4n) is 3.92. The Labute approximate surface area is 207 Å². The molecule has 0 aliphatic heterocycles. The van der Waals surface area contributed by atoms with Crippen LogP contribution in [0.15, 0.2) is 82.4 Å². The molecule has 11 heteroatoms. The Balaban J connectivity index is 1.40. The number of nitrogens with zero attached hydrogens (tertiary/aromatic N) is 6. The number of rotatable bonds is 4. The van der Waals surface area contributed by atoms with Crippen molar-refractivity contribution in [1.82, 2.24) is 29.5 Å². The smallest absolute Gasteiger partial charge is 0.292 e. The summed E-state index contributed by atoms with van der Waals surface area (Å²) in [5.41, 5.74) is 1.98. The Morgan fingerprint density at radius 1 is 1.00 bits per heavy atom. The third-order valence-corrected chi connectivity index (χ3v) is 5.80. The van der Waals surface area contributed by atoms with Crippen LogP contribution in [0.1, 0.15) is 16.2 Å². The number of halogens is 1. The highest BCUT2D eigenvalue weighted by atomic mass is 35.5. The van der Waals surface area contributed by atoms with E-state index in [-0.39, 0.29) is 11.2 Å². The average Bonchev–Trinajstić information content (AvgIpc) is 3.47. The Morgan fingerprint density at radius 2 is 1.81 bits per heavy atom. The Bertz CT molecular complexity index is 1840. The minimum atomic E-state index is -0.596. The van der Waals surface area contributed by atoms with E-state index in [1.807, 2.05) is 12.1 Å². The minimum absolute atomic E-state index is 0.118. The molecule has 6 rings (SSSR count). The third-order valence-electron chi connectivity index (χ3n) is 5.55. The second kappa shape index (κ2) is 8.43. The molecule has 0 atom stereocenters. The van der Waals surface area contributed by atoms with Gasteiger partial charge >= 0.3 is 0 Å². The van der Waals surface area contributed by atoms with Gasteiger partial charge in [0.1, 0.15) is 17.7 Å². The fraction of sp³-hybridized carbons (Fsp3) is 0.0400. The molecule has 0 radical (unpaired) electrons. The summed E-state index contributed by atoms with van der Waals surface area (Å²) in [7, 11) is 0. The molecule has 176 valence electrons. The molecule has 0 saturated heterocycles. The van der Waals surface area contributed by atoms with Crippen molar-refractivity contribution in [3.05, 3.63) is 99.9 Å². The molecule has 4 heterocycles. The SMILES string of the molecule is Cc1cc(NC(=O)c2cc(=O)c3ccccc3o2)n(-c2ncnc3c2cnn3-c2ccc(Cl)cc2)n1. The molecule has 0 aliphatic carbocycles. The maximum Gasteiger partial charge on any atom is 0.292 e. The van der Waals surface area contributed by atoms with Crippen molar-refractivity contribution in [2.45, 2.75) is 6.92 Å². The number of anilines is 1. The van der Waals surface area contributed by atoms with Gasteiger partial charge in [-0.25, -0.2) is 14.6 Å². The highest BCUT2D eigenvalue weighted by molar-refractivity contribution is 6.30. The zero-order valence-electron chi connectivity index (χ0n) is 18.7. The normalized spacial score (nSPS) is 11.3. The molecule has 2 aromatic carbocycles. The molecule has 0 saturated carbocycles. The summed E-state index contributed by atoms with van der Waals surface area (Å²) in [5.74, 6) is 0.0461. The largest absolute Gasteiger partial charge is 0.451 e. The Morgan fingerprint density at radius 3 is 2.64 bits per heavy atom. The first-order chi connectivity index (χ1) is 17.5. The van der Waals surface area contributed by atoms with Gasteiger partial charge in [0.15, 0.2) is 22.7 Å². The van der Waals surface area contributed by atoms with Gasteiger partial charge in [-0.3, -0.25) is 9.59 Å². The van der Waals surface area contributed by atoms with E-state index in [1.54, 1.807) is 60.3 Å². The van der Waals surface area contributed by atoms with E-state index >= 15 is 0 Å². The molecule has 6 aromatic rings. The van der Waals surface area contributed by atoms with E-state index in [1.165, 1.54) is 17.1 Å². The highest BCUT2D eigenvalue weighted by Gasteiger charge is 2.19. The van der Waals surface area contributed by atoms with E-state index in [0.717, 1.165) is 5.69 Å². The predicted molar refractivity (Wildman–Crippen MR) is 134 cm³/mol. The lowest BCUT2D eigenvalue weighted by Gasteiger charge is -2.09. The number of aromatic nitrogens is 6. The zero-order chi connectivity index (χ0) is 24.8. The molecule has 0 spiro atoms. The number of aryl methyl sites for hydroxylation is 1. The van der Waals surface area contributed by atoms with Crippen LogP contribution in [0, 0.1) is 6.92 Å². The first-order valence-corrected chi connectivity index (χ1v) is 11.2. The van der Waals surface area contributed by atoms with Crippen LogP contribution in [-0.4, -0.2) is 35.4 Å². The van der Waals surface area contributed by atoms with E-state index < -0.39 is 5.91 Å². The fourth-order valence-corrected chi connectivity index (χ4v) is 4.04. The zero-order valence-corrected chi connectivity index (χ0v) is 19.5. The van der Waals surface area contributed by atoms with Crippen LogP contribution in [0.5, 0.6) is 0 Å². The number of fused-ring (bicyclic) bond motifs is 2. The van der Waals surface area contributed by atoms with Gasteiger partial charge in [-0.05, 0) is 43.3 Å². The molecule has 1 N–H and O–H groups in total. The predicted octanol–water partition coefficient (Wildman–Crippen LogP) is 4.32. The van der Waals surface area contributed by atoms with Crippen molar-refractivity contribution in [3.8, 4) is 11.5 Å². The van der Waals surface area contributed by atoms with Crippen LogP contribution in [0.25, 0.3) is 33.5 Å². The standard InChI is InChI=1S/C25H16ClN7O3/c1-14-10-22(30-25(35)21-11-19(34)17-4-2-3-5-20(17)36-21)33(31-14)24-18-12-29-32(23(18)27-13-28-24)16-8-6-15(26)7-9-16/h2-13H,1H3,(H,30,35). The molecular formula is C25H16ClN7O3. The number of hydrogen-bond donors (Lipinski definition) is 1. The highest BCUT2D eigenvalue weighted by Crippen LogP contribution is 2.25. The van der Waals surface area contributed by atoms with E-state index in [9.17, 15) is 9.59 Å². The summed E-state index contributed by atoms with van der Waals surface area (Å²) in [5, 5.41) is 13.4. The van der Waals surface area contributed by atoms with Gasteiger partial charge in [-0.15, -0.1) is 0 Å². The number of benzene rings is 2. The van der Waals surface area contributed by atoms with Gasteiger partial charge in [-0.2, -0.15) is 14.9 Å². The summed E-state index contributed by atoms with van der Waals surface area (Å²) >= 11 is 6.01. The van der Waals surface area contributed by atoms with Crippen LogP contribution in [0.3, 0.4) is 0 Å². The van der Waals surface area contributed by atoms with Gasteiger partial charge in [0.05, 0.1) is 28.4 Å². The molecule has 4 aromatic heterocycles. The van der Waals surface area contributed by atoms with E-state index in [0.29, 0.717) is 44.4 Å². The van der Waals surface area contributed by atoms with Crippen molar-refractivity contribution >= 4 is 45.3 Å². The number of carbonyl (C=O) groups is 1. The first-order valence-electron chi connectivity index (χ1n) is 10.8. The van der Waals surface area contributed by atoms with Crippen LogP contribution in [0.4, 0.5) is 5.82 Å². The quantitative estimate of drug-likeness (QED) is 0.385. The van der Waals surface area contributed by atoms with Crippen LogP contribution in [-0.2, 0) is 0 Å². The molecule has 1 amide bonds. The third kappa shape index (κ3) is 3.69. The van der Waals surface area contributed by atoms with Gasteiger partial charge in [0.25, 0.3) is 5.91 Å². The molecule has 0 aliphatic rings. The van der Waals surface area contributed by atoms with Crippen LogP contribution >= 0.6 is 11.6 Å². The lowest BCUT2D eigenvalue weighted by molar-refractivity contribution is 0.0996. The van der Waals surface area contributed by atoms with E-state index in [4.69, 9.17) is 16.0 Å². The molecule has 0 fully saturated rings. The van der Waals surface area contributed by atoms with Gasteiger partial charge in [-0.1, -0.05) is 23.7 Å². The summed E-state index contributed by atoms with van der Waals surface area (Å²) in [6, 6.07) is 16.8. The van der Waals surface area contributed by atoms with Crippen molar-refractivity contribution in [1.29, 1.82) is 0 Å². The topological polar surface area (TPSA) is 121 Å². The van der Waals surface area contributed by atoms with Gasteiger partial charge in [0, 0.05) is 17.2 Å². The second-order valence-corrected chi connectivity index (χ2v) is 8.41. The monoisotopic (exact) mass is 497 g/mol. The minimum Gasteiger partial charge on any atom is -0.451 e. The van der Waals surface area contributed by atoms with Crippen molar-refractivity contribution in [2.24, 2.45) is 0 Å². The number of carbonyl (C=O) groups excluding carboxylic acids is 1. The second-order valence-electron chi connectivity index (χ2n) is 7.98. The molecule has 0 bridgehead atoms. The van der Waals surface area contributed by atoms with Gasteiger partial charge in [0.2, 0.25) is 0 Å². The lowest BCUT2D eigenvalue weighted by atomic mass is 10.2. The van der Waals surface area contributed by atoms with Crippen molar-refractivity contribution in [2.75, 3.05) is 5.32 Å². The number of para-hydroxylation sites is 1. The number of nitrogens with one attached hydrogen (secondary N) is 1. The molecule has 36 heavy (non-hydrogen) atoms. The lowest BCUT2D eigenvalue weighted by Crippen LogP contribution is -2.17. The molecule has 10 nitrogen and oxygen atoms in total. The number of hydrogen-bond acceptors (Lipinski definition) is 7. The summed E-state index contributed by atoms with van der Waals surface area (Å²) in [6.45, 7) is 1.79. The maximum atomic E-state index is 13.0.